The average Bonchev–Trinajstić information content (AvgIpc) is 1.35. The largest absolute Gasteiger partial charge is 0.359 e. The first kappa shape index (κ1) is 2.69. The number of hydrogen-bond donors (Lipinski definition) is 1. The molecule has 0 saturated carbocycles. The van der Waals surface area contributed by atoms with Crippen molar-refractivity contribution in [2.24, 2.45) is 0 Å². The Hall–Kier alpha value is -0.530. The molecule has 1 N–H and O–H groups in total. The molecule has 1 unspecified atom stereocenters. The Kier molecular flexibility index (Phi) is 1.87. The van der Waals surface area contributed by atoms with E-state index < -0.39 is 6.52 Å². The van der Waals surface area contributed by atoms with Crippen LogP contribution in [-0.4, -0.2) is 12.9 Å². The highest BCUT2D eigenvalue weighted by Crippen LogP contribution is 1.37. The summed E-state index contributed by atoms with van der Waals surface area (Å²) in [6, 6.07) is 0. The Morgan fingerprint density at radius 1 is 2.40 bits per heavy atom. The van der Waals surface area contributed by atoms with E-state index in [-0.39, 0.29) is 0 Å². The van der Waals surface area contributed by atoms with Gasteiger partial charge in [-0.2, -0.15) is 0 Å². The highest BCUT2D eigenvalue weighted by Gasteiger charge is 1.59. The molecule has 1 amide bonds. The molecule has 0 aromatic heterocycles. The Morgan fingerprint density at radius 2 is 3.00 bits per heavy atom. The summed E-state index contributed by atoms with van der Waals surface area (Å²) >= 11 is 0. The average molecular weight is 74.1 g/mol. The SMILES string of the molecule is [2H]C(C)NC=O. The Balaban J connectivity index is 2.81. The summed E-state index contributed by atoms with van der Waals surface area (Å²) in [5, 5.41) is 2.19. The molecule has 0 heterocycles. The van der Waals surface area contributed by atoms with Gasteiger partial charge in [0.2, 0.25) is 6.41 Å². The van der Waals surface area contributed by atoms with E-state index in [0.29, 0.717) is 6.41 Å². The van der Waals surface area contributed by atoms with Gasteiger partial charge < -0.3 is 5.32 Å². The molecule has 0 fully saturated rings. The van der Waals surface area contributed by atoms with Crippen molar-refractivity contribution in [3.8, 4) is 0 Å². The van der Waals surface area contributed by atoms with Gasteiger partial charge in [0.05, 0.1) is 0 Å². The van der Waals surface area contributed by atoms with Crippen molar-refractivity contribution in [2.75, 3.05) is 6.52 Å². The molecule has 0 aliphatic carbocycles. The fraction of sp³-hybridized carbons (Fsp3) is 0.667. The molecule has 5 heavy (non-hydrogen) atoms. The first-order chi connectivity index (χ1) is 2.77. The van der Waals surface area contributed by atoms with Gasteiger partial charge in [0.25, 0.3) is 0 Å². The fourth-order valence-electron chi connectivity index (χ4n) is 0.0680. The van der Waals surface area contributed by atoms with Crippen LogP contribution < -0.4 is 5.32 Å². The van der Waals surface area contributed by atoms with Crippen molar-refractivity contribution in [3.63, 3.8) is 0 Å². The quantitative estimate of drug-likeness (QED) is 0.450. The minimum absolute atomic E-state index is 0.470. The normalized spacial score (nSPS) is 15.8. The summed E-state index contributed by atoms with van der Waals surface area (Å²) in [5.41, 5.74) is 0. The van der Waals surface area contributed by atoms with E-state index in [4.69, 9.17) is 1.37 Å². The zero-order valence-corrected chi connectivity index (χ0v) is 3.06. The molecule has 2 heteroatoms. The molecular formula is C3H7NO. The van der Waals surface area contributed by atoms with E-state index in [2.05, 4.69) is 5.32 Å². The molecule has 0 saturated heterocycles. The molecule has 0 radical (unpaired) electrons. The summed E-state index contributed by atoms with van der Waals surface area (Å²) in [7, 11) is 0. The maximum Gasteiger partial charge on any atom is 0.207 e. The van der Waals surface area contributed by atoms with Gasteiger partial charge in [-0.15, -0.1) is 0 Å². The van der Waals surface area contributed by atoms with Crippen LogP contribution >= 0.6 is 0 Å². The lowest BCUT2D eigenvalue weighted by atomic mass is 10.8. The minimum Gasteiger partial charge on any atom is -0.359 e. The molecule has 0 spiro atoms. The lowest BCUT2D eigenvalue weighted by molar-refractivity contribution is -0.109. The lowest BCUT2D eigenvalue weighted by Gasteiger charge is -1.78. The highest BCUT2D eigenvalue weighted by molar-refractivity contribution is 5.45. The van der Waals surface area contributed by atoms with Crippen LogP contribution in [-0.2, 0) is 4.79 Å². The van der Waals surface area contributed by atoms with Crippen LogP contribution in [0.15, 0.2) is 0 Å². The Morgan fingerprint density at radius 3 is 3.00 bits per heavy atom. The predicted octanol–water partition coefficient (Wildman–Crippen LogP) is -0.248. The van der Waals surface area contributed by atoms with E-state index in [9.17, 15) is 4.79 Å². The Labute approximate surface area is 32.6 Å². The first-order valence-corrected chi connectivity index (χ1v) is 1.39. The second-order valence-electron chi connectivity index (χ2n) is 0.573. The van der Waals surface area contributed by atoms with Gasteiger partial charge in [-0.3, -0.25) is 4.79 Å². The van der Waals surface area contributed by atoms with E-state index in [0.717, 1.165) is 0 Å². The number of carbonyl (C=O) groups is 1. The maximum absolute atomic E-state index is 9.38. The second-order valence-corrected chi connectivity index (χ2v) is 0.573. The van der Waals surface area contributed by atoms with Gasteiger partial charge >= 0.3 is 0 Å². The van der Waals surface area contributed by atoms with Crippen molar-refractivity contribution in [1.29, 1.82) is 0 Å². The third-order valence-corrected chi connectivity index (χ3v) is 0.235. The highest BCUT2D eigenvalue weighted by atomic mass is 16.1. The topological polar surface area (TPSA) is 29.1 Å². The van der Waals surface area contributed by atoms with E-state index >= 15 is 0 Å². The number of nitrogens with one attached hydrogen (secondary N) is 1. The molecule has 0 bridgehead atoms. The molecule has 0 aromatic rings. The molecule has 30 valence electrons. The number of hydrogen-bond acceptors (Lipinski definition) is 1. The summed E-state index contributed by atoms with van der Waals surface area (Å²) < 4.78 is 6.64. The third-order valence-electron chi connectivity index (χ3n) is 0.235. The van der Waals surface area contributed by atoms with E-state index in [1.54, 1.807) is 6.92 Å². The summed E-state index contributed by atoms with van der Waals surface area (Å²) in [6.07, 6.45) is 0.512. The van der Waals surface area contributed by atoms with Gasteiger partial charge in [0, 0.05) is 7.89 Å². The van der Waals surface area contributed by atoms with Gasteiger partial charge in [-0.1, -0.05) is 0 Å². The summed E-state index contributed by atoms with van der Waals surface area (Å²) in [4.78, 5) is 9.38. The first-order valence-electron chi connectivity index (χ1n) is 1.97. The maximum atomic E-state index is 9.38. The van der Waals surface area contributed by atoms with Crippen LogP contribution in [0.5, 0.6) is 0 Å². The number of amides is 1. The van der Waals surface area contributed by atoms with Crippen LogP contribution in [0, 0.1) is 0 Å². The van der Waals surface area contributed by atoms with Crippen LogP contribution in [0.4, 0.5) is 0 Å². The monoisotopic (exact) mass is 74.1 g/mol. The smallest absolute Gasteiger partial charge is 0.207 e. The van der Waals surface area contributed by atoms with Gasteiger partial charge in [-0.25, -0.2) is 0 Å². The third kappa shape index (κ3) is 3.47. The minimum atomic E-state index is -0.470. The molecular weight excluding hydrogens is 66.0 g/mol. The molecule has 0 rings (SSSR count). The van der Waals surface area contributed by atoms with Crippen molar-refractivity contribution >= 4 is 6.41 Å². The van der Waals surface area contributed by atoms with E-state index in [1.807, 2.05) is 0 Å². The predicted molar refractivity (Wildman–Crippen MR) is 19.7 cm³/mol. The van der Waals surface area contributed by atoms with Crippen molar-refractivity contribution in [3.05, 3.63) is 0 Å². The van der Waals surface area contributed by atoms with Crippen molar-refractivity contribution < 1.29 is 6.17 Å². The number of rotatable bonds is 2. The lowest BCUT2D eigenvalue weighted by Crippen LogP contribution is -2.07. The molecule has 0 aromatic carbocycles. The van der Waals surface area contributed by atoms with Crippen molar-refractivity contribution in [2.45, 2.75) is 6.92 Å². The number of carbonyl (C=O) groups excluding carboxylic acids is 1. The van der Waals surface area contributed by atoms with Crippen LogP contribution in [0.25, 0.3) is 0 Å². The summed E-state index contributed by atoms with van der Waals surface area (Å²) in [5.74, 6) is 0. The molecule has 0 aliphatic rings. The van der Waals surface area contributed by atoms with Crippen LogP contribution in [0.1, 0.15) is 8.29 Å². The van der Waals surface area contributed by atoms with Crippen LogP contribution in [0.3, 0.4) is 0 Å². The zero-order chi connectivity index (χ0) is 4.99. The zero-order valence-electron chi connectivity index (χ0n) is 4.06. The van der Waals surface area contributed by atoms with Gasteiger partial charge in [0.15, 0.2) is 0 Å². The van der Waals surface area contributed by atoms with Crippen molar-refractivity contribution in [1.82, 2.24) is 5.32 Å². The fourth-order valence-corrected chi connectivity index (χ4v) is 0.0680. The molecule has 1 atom stereocenters. The standard InChI is InChI=1S/C3H7NO/c1-2-4-3-5/h3H,2H2,1H3,(H,4,5)/i2D. The van der Waals surface area contributed by atoms with Gasteiger partial charge in [0.1, 0.15) is 0 Å². The Bertz CT molecular complexity index is 46.1. The molecule has 0 aliphatic heterocycles. The summed E-state index contributed by atoms with van der Waals surface area (Å²) in [6.45, 7) is 1.11. The van der Waals surface area contributed by atoms with Crippen LogP contribution in [0.2, 0.25) is 0 Å². The molecule has 2 nitrogen and oxygen atoms in total. The second kappa shape index (κ2) is 3.47. The van der Waals surface area contributed by atoms with Gasteiger partial charge in [-0.05, 0) is 6.92 Å². The van der Waals surface area contributed by atoms with E-state index in [1.165, 1.54) is 0 Å².